The molecule has 0 aliphatic carbocycles. The first kappa shape index (κ1) is 14.9. The molecule has 1 N–H and O–H groups in total. The van der Waals surface area contributed by atoms with Crippen molar-refractivity contribution < 1.29 is 9.67 Å². The third-order valence-corrected chi connectivity index (χ3v) is 5.29. The van der Waals surface area contributed by atoms with Crippen LogP contribution in [-0.4, -0.2) is 9.51 Å². The van der Waals surface area contributed by atoms with Crippen LogP contribution in [-0.2, 0) is 6.54 Å². The Morgan fingerprint density at radius 3 is 2.54 bits per heavy atom. The van der Waals surface area contributed by atoms with Crippen LogP contribution in [0.4, 0.5) is 0 Å². The molecule has 0 fully saturated rings. The highest BCUT2D eigenvalue weighted by Gasteiger charge is 2.27. The second-order valence-corrected chi connectivity index (χ2v) is 6.72. The van der Waals surface area contributed by atoms with Crippen molar-refractivity contribution in [1.82, 2.24) is 4.40 Å². The van der Waals surface area contributed by atoms with Gasteiger partial charge in [0.05, 0.1) is 11.2 Å². The molecule has 0 saturated heterocycles. The third kappa shape index (κ3) is 2.12. The largest absolute Gasteiger partial charge is 0.477 e. The molecule has 4 nitrogen and oxygen atoms in total. The smallest absolute Gasteiger partial charge is 0.355 e. The lowest BCUT2D eigenvalue weighted by Gasteiger charge is -2.07. The molecule has 5 heteroatoms. The van der Waals surface area contributed by atoms with Crippen LogP contribution in [0.2, 0.25) is 0 Å². The number of aryl methyl sites for hydroxylation is 1. The Hall–Kier alpha value is -2.66. The molecule has 0 aliphatic heterocycles. The van der Waals surface area contributed by atoms with E-state index in [1.54, 1.807) is 4.40 Å². The van der Waals surface area contributed by atoms with E-state index in [9.17, 15) is 9.90 Å². The zero-order chi connectivity index (χ0) is 16.7. The van der Waals surface area contributed by atoms with E-state index >= 15 is 0 Å². The average Bonchev–Trinajstić information content (AvgIpc) is 2.99. The standard InChI is InChI=1S/C19H16N2O2S/c1-2-12-20-17(22)16(13-8-4-3-5-9-13)18(23)21-14-10-6-7-11-15(14)24-19(20)21/h3-11H,2,12H2,1H3/p+1. The maximum absolute atomic E-state index is 13.2. The molecule has 0 aliphatic rings. The van der Waals surface area contributed by atoms with Gasteiger partial charge in [0.2, 0.25) is 0 Å². The Balaban J connectivity index is 2.21. The number of thiazole rings is 1. The van der Waals surface area contributed by atoms with E-state index in [2.05, 4.69) is 6.92 Å². The third-order valence-electron chi connectivity index (χ3n) is 4.14. The minimum atomic E-state index is -0.182. The first-order valence-electron chi connectivity index (χ1n) is 7.97. The summed E-state index contributed by atoms with van der Waals surface area (Å²) >= 11 is 1.53. The van der Waals surface area contributed by atoms with Gasteiger partial charge in [-0.3, -0.25) is 0 Å². The van der Waals surface area contributed by atoms with E-state index in [0.29, 0.717) is 12.1 Å². The van der Waals surface area contributed by atoms with Crippen LogP contribution < -0.4 is 10.1 Å². The van der Waals surface area contributed by atoms with Gasteiger partial charge in [-0.05, 0) is 35.5 Å². The van der Waals surface area contributed by atoms with E-state index in [1.807, 2.05) is 59.2 Å². The summed E-state index contributed by atoms with van der Waals surface area (Å²) in [7, 11) is 0. The van der Waals surface area contributed by atoms with Gasteiger partial charge in [-0.25, -0.2) is 4.79 Å². The Bertz CT molecular complexity index is 1100. The topological polar surface area (TPSA) is 45.6 Å². The summed E-state index contributed by atoms with van der Waals surface area (Å²) in [6, 6.07) is 17.2. The van der Waals surface area contributed by atoms with Gasteiger partial charge in [-0.15, -0.1) is 4.40 Å². The lowest BCUT2D eigenvalue weighted by atomic mass is 10.1. The predicted molar refractivity (Wildman–Crippen MR) is 96.6 cm³/mol. The summed E-state index contributed by atoms with van der Waals surface area (Å²) < 4.78 is 4.59. The Labute approximate surface area is 142 Å². The number of hydrogen-bond acceptors (Lipinski definition) is 3. The monoisotopic (exact) mass is 337 g/mol. The van der Waals surface area contributed by atoms with Crippen LogP contribution in [0, 0.1) is 0 Å². The number of nitrogens with zero attached hydrogens (tertiary/aromatic N) is 2. The number of fused-ring (bicyclic) bond motifs is 3. The average molecular weight is 337 g/mol. The van der Waals surface area contributed by atoms with Crippen molar-refractivity contribution in [2.45, 2.75) is 19.9 Å². The molecule has 0 unspecified atom stereocenters. The van der Waals surface area contributed by atoms with Crippen molar-refractivity contribution in [3.05, 3.63) is 65.0 Å². The van der Waals surface area contributed by atoms with E-state index in [-0.39, 0.29) is 11.4 Å². The molecule has 120 valence electrons. The fourth-order valence-corrected chi connectivity index (χ4v) is 4.23. The van der Waals surface area contributed by atoms with Gasteiger partial charge >= 0.3 is 10.5 Å². The SMILES string of the molecule is CCC[n+]1c(O)c(-c2ccccc2)c(=O)n2c3ccccc3sc21. The Morgan fingerprint density at radius 1 is 1.08 bits per heavy atom. The van der Waals surface area contributed by atoms with Crippen LogP contribution in [0.5, 0.6) is 5.88 Å². The predicted octanol–water partition coefficient (Wildman–Crippen LogP) is 3.58. The summed E-state index contributed by atoms with van der Waals surface area (Å²) in [5.41, 5.74) is 1.78. The summed E-state index contributed by atoms with van der Waals surface area (Å²) in [5, 5.41) is 10.8. The minimum Gasteiger partial charge on any atom is -0.477 e. The normalized spacial score (nSPS) is 11.4. The van der Waals surface area contributed by atoms with Crippen molar-refractivity contribution in [3.8, 4) is 17.0 Å². The van der Waals surface area contributed by atoms with Gasteiger partial charge in [0.1, 0.15) is 0 Å². The maximum Gasteiger partial charge on any atom is 0.355 e. The summed E-state index contributed by atoms with van der Waals surface area (Å²) in [6.45, 7) is 2.71. The molecule has 0 atom stereocenters. The number of benzene rings is 2. The Kier molecular flexibility index (Phi) is 3.58. The molecule has 2 aromatic heterocycles. The highest BCUT2D eigenvalue weighted by Crippen LogP contribution is 2.28. The summed E-state index contributed by atoms with van der Waals surface area (Å²) in [6.07, 6.45) is 0.870. The second-order valence-electron chi connectivity index (χ2n) is 5.71. The van der Waals surface area contributed by atoms with Crippen LogP contribution >= 0.6 is 11.3 Å². The molecular weight excluding hydrogens is 320 g/mol. The van der Waals surface area contributed by atoms with E-state index in [4.69, 9.17) is 0 Å². The van der Waals surface area contributed by atoms with Crippen molar-refractivity contribution >= 4 is 26.5 Å². The highest BCUT2D eigenvalue weighted by molar-refractivity contribution is 7.23. The van der Waals surface area contributed by atoms with Gasteiger partial charge in [-0.1, -0.05) is 49.4 Å². The molecule has 4 aromatic rings. The zero-order valence-corrected chi connectivity index (χ0v) is 14.1. The molecule has 0 amide bonds. The van der Waals surface area contributed by atoms with E-state index < -0.39 is 0 Å². The van der Waals surface area contributed by atoms with Crippen LogP contribution in [0.3, 0.4) is 0 Å². The van der Waals surface area contributed by atoms with Crippen LogP contribution in [0.15, 0.2) is 59.4 Å². The summed E-state index contributed by atoms with van der Waals surface area (Å²) in [4.78, 5) is 13.9. The lowest BCUT2D eigenvalue weighted by Crippen LogP contribution is -2.39. The minimum absolute atomic E-state index is 0.0413. The van der Waals surface area contributed by atoms with Gasteiger partial charge in [0, 0.05) is 0 Å². The number of rotatable bonds is 3. The molecular formula is C19H17N2O2S+. The highest BCUT2D eigenvalue weighted by atomic mass is 32.1. The zero-order valence-electron chi connectivity index (χ0n) is 13.3. The molecule has 4 rings (SSSR count). The van der Waals surface area contributed by atoms with Gasteiger partial charge < -0.3 is 5.11 Å². The summed E-state index contributed by atoms with van der Waals surface area (Å²) in [5.74, 6) is 0.0413. The van der Waals surface area contributed by atoms with Crippen molar-refractivity contribution in [1.29, 1.82) is 0 Å². The lowest BCUT2D eigenvalue weighted by molar-refractivity contribution is -0.678. The molecule has 0 spiro atoms. The number of para-hydroxylation sites is 1. The number of aromatic nitrogens is 2. The van der Waals surface area contributed by atoms with Gasteiger partial charge in [0.15, 0.2) is 11.1 Å². The fraction of sp³-hybridized carbons (Fsp3) is 0.158. The Morgan fingerprint density at radius 2 is 1.79 bits per heavy atom. The molecule has 0 saturated carbocycles. The molecule has 0 bridgehead atoms. The quantitative estimate of drug-likeness (QED) is 0.581. The van der Waals surface area contributed by atoms with Gasteiger partial charge in [0.25, 0.3) is 5.88 Å². The molecule has 24 heavy (non-hydrogen) atoms. The molecule has 0 radical (unpaired) electrons. The number of hydrogen-bond donors (Lipinski definition) is 1. The van der Waals surface area contributed by atoms with Crippen molar-refractivity contribution in [2.75, 3.05) is 0 Å². The van der Waals surface area contributed by atoms with E-state index in [1.165, 1.54) is 11.3 Å². The molecule has 2 aromatic carbocycles. The maximum atomic E-state index is 13.2. The van der Waals surface area contributed by atoms with Crippen LogP contribution in [0.1, 0.15) is 13.3 Å². The first-order valence-corrected chi connectivity index (χ1v) is 8.78. The fourth-order valence-electron chi connectivity index (χ4n) is 3.06. The second kappa shape index (κ2) is 5.76. The van der Waals surface area contributed by atoms with Crippen molar-refractivity contribution in [2.24, 2.45) is 0 Å². The first-order chi connectivity index (χ1) is 11.7. The molecule has 2 heterocycles. The van der Waals surface area contributed by atoms with E-state index in [0.717, 1.165) is 27.2 Å². The van der Waals surface area contributed by atoms with Gasteiger partial charge in [-0.2, -0.15) is 4.57 Å². The number of aromatic hydroxyl groups is 1. The van der Waals surface area contributed by atoms with Crippen molar-refractivity contribution in [3.63, 3.8) is 0 Å². The van der Waals surface area contributed by atoms with Crippen LogP contribution in [0.25, 0.3) is 26.3 Å².